The summed E-state index contributed by atoms with van der Waals surface area (Å²) in [4.78, 5) is 24.7. The van der Waals surface area contributed by atoms with Crippen LogP contribution in [0.5, 0.6) is 5.75 Å². The Morgan fingerprint density at radius 1 is 1.10 bits per heavy atom. The number of benzene rings is 1. The molecule has 0 spiro atoms. The van der Waals surface area contributed by atoms with Gasteiger partial charge in [0.15, 0.2) is 0 Å². The molecule has 1 atom stereocenters. The van der Waals surface area contributed by atoms with Gasteiger partial charge in [-0.3, -0.25) is 9.59 Å². The number of nitrogens with one attached hydrogen (secondary N) is 2. The first-order chi connectivity index (χ1) is 14.4. The van der Waals surface area contributed by atoms with Gasteiger partial charge in [0, 0.05) is 32.1 Å². The van der Waals surface area contributed by atoms with Crippen LogP contribution < -0.4 is 15.4 Å². The Hall–Kier alpha value is -2.13. The molecule has 9 heteroatoms. The van der Waals surface area contributed by atoms with Gasteiger partial charge in [-0.05, 0) is 49.9 Å². The van der Waals surface area contributed by atoms with E-state index in [1.54, 1.807) is 12.1 Å². The van der Waals surface area contributed by atoms with Gasteiger partial charge in [-0.2, -0.15) is 4.31 Å². The number of carbonyl (C=O) groups excluding carboxylic acids is 2. The van der Waals surface area contributed by atoms with E-state index < -0.39 is 15.9 Å². The lowest BCUT2D eigenvalue weighted by atomic mass is 9.99. The van der Waals surface area contributed by atoms with Crippen LogP contribution in [0.2, 0.25) is 0 Å². The zero-order valence-electron chi connectivity index (χ0n) is 17.4. The lowest BCUT2D eigenvalue weighted by Gasteiger charge is -2.31. The van der Waals surface area contributed by atoms with E-state index in [2.05, 4.69) is 10.6 Å². The minimum Gasteiger partial charge on any atom is -0.497 e. The van der Waals surface area contributed by atoms with Crippen molar-refractivity contribution >= 4 is 21.8 Å². The number of hydrogen-bond acceptors (Lipinski definition) is 5. The monoisotopic (exact) mass is 437 g/mol. The lowest BCUT2D eigenvalue weighted by molar-refractivity contribution is -0.126. The van der Waals surface area contributed by atoms with Gasteiger partial charge in [0.05, 0.1) is 17.9 Å². The molecule has 1 aromatic rings. The van der Waals surface area contributed by atoms with Crippen LogP contribution in [0.4, 0.5) is 0 Å². The maximum absolute atomic E-state index is 12.9. The van der Waals surface area contributed by atoms with E-state index in [1.165, 1.54) is 23.5 Å². The molecule has 1 saturated carbocycles. The molecule has 8 nitrogen and oxygen atoms in total. The van der Waals surface area contributed by atoms with Crippen LogP contribution in [0.3, 0.4) is 0 Å². The number of nitrogens with zero attached hydrogens (tertiary/aromatic N) is 1. The van der Waals surface area contributed by atoms with Crippen molar-refractivity contribution in [2.45, 2.75) is 55.9 Å². The second-order valence-corrected chi connectivity index (χ2v) is 9.91. The number of methoxy groups -OCH3 is 1. The van der Waals surface area contributed by atoms with Gasteiger partial charge in [0.1, 0.15) is 5.75 Å². The fourth-order valence-corrected chi connectivity index (χ4v) is 5.61. The van der Waals surface area contributed by atoms with Gasteiger partial charge < -0.3 is 15.4 Å². The molecule has 1 heterocycles. The Kier molecular flexibility index (Phi) is 7.71. The average Bonchev–Trinajstić information content (AvgIpc) is 3.26. The summed E-state index contributed by atoms with van der Waals surface area (Å²) in [5, 5.41) is 5.80. The summed E-state index contributed by atoms with van der Waals surface area (Å²) in [6.45, 7) is 0.801. The van der Waals surface area contributed by atoms with Gasteiger partial charge in [0.25, 0.3) is 0 Å². The van der Waals surface area contributed by atoms with E-state index in [0.717, 1.165) is 25.7 Å². The highest BCUT2D eigenvalue weighted by Gasteiger charge is 2.33. The second kappa shape index (κ2) is 10.3. The maximum Gasteiger partial charge on any atom is 0.243 e. The minimum absolute atomic E-state index is 0.0467. The summed E-state index contributed by atoms with van der Waals surface area (Å²) >= 11 is 0. The highest BCUT2D eigenvalue weighted by molar-refractivity contribution is 7.89. The fourth-order valence-electron chi connectivity index (χ4n) is 4.09. The zero-order chi connectivity index (χ0) is 21.6. The molecular formula is C21H31N3O5S. The molecule has 2 N–H and O–H groups in total. The van der Waals surface area contributed by atoms with Crippen LogP contribution in [0.15, 0.2) is 29.2 Å². The third-order valence-corrected chi connectivity index (χ3v) is 7.70. The standard InChI is InChI=1S/C21H31N3O5S/c1-29-18-8-10-19(11-9-18)30(27,28)24-14-4-5-16(15-24)21(26)22-13-12-20(25)23-17-6-2-3-7-17/h8-11,16-17H,2-7,12-15H2,1H3,(H,22,26)(H,23,25)/t16-/m0/s1. The van der Waals surface area contributed by atoms with E-state index >= 15 is 0 Å². The molecule has 1 saturated heterocycles. The van der Waals surface area contributed by atoms with Crippen molar-refractivity contribution in [1.82, 2.24) is 14.9 Å². The molecule has 0 aromatic heterocycles. The molecule has 1 aliphatic carbocycles. The van der Waals surface area contributed by atoms with Crippen molar-refractivity contribution in [3.8, 4) is 5.75 Å². The van der Waals surface area contributed by atoms with Crippen LogP contribution in [-0.4, -0.2) is 57.3 Å². The highest BCUT2D eigenvalue weighted by atomic mass is 32.2. The van der Waals surface area contributed by atoms with Crippen molar-refractivity contribution in [1.29, 1.82) is 0 Å². The first-order valence-corrected chi connectivity index (χ1v) is 12.1. The first kappa shape index (κ1) is 22.6. The molecule has 166 valence electrons. The minimum atomic E-state index is -3.67. The summed E-state index contributed by atoms with van der Waals surface area (Å²) < 4.78 is 32.3. The number of rotatable bonds is 8. The van der Waals surface area contributed by atoms with E-state index in [0.29, 0.717) is 25.1 Å². The SMILES string of the molecule is COc1ccc(S(=O)(=O)N2CCC[C@H](C(=O)NCCC(=O)NC3CCCC3)C2)cc1. The average molecular weight is 438 g/mol. The summed E-state index contributed by atoms with van der Waals surface area (Å²) in [7, 11) is -2.14. The predicted molar refractivity (Wildman–Crippen MR) is 113 cm³/mol. The van der Waals surface area contributed by atoms with Crippen molar-refractivity contribution < 1.29 is 22.7 Å². The third kappa shape index (κ3) is 5.72. The van der Waals surface area contributed by atoms with Crippen LogP contribution in [0.1, 0.15) is 44.9 Å². The molecule has 1 aromatic carbocycles. The smallest absolute Gasteiger partial charge is 0.243 e. The quantitative estimate of drug-likeness (QED) is 0.644. The molecule has 2 aliphatic rings. The van der Waals surface area contributed by atoms with Gasteiger partial charge in [-0.25, -0.2) is 8.42 Å². The third-order valence-electron chi connectivity index (χ3n) is 5.82. The Labute approximate surface area is 178 Å². The molecule has 2 amide bonds. The van der Waals surface area contributed by atoms with E-state index in [4.69, 9.17) is 4.74 Å². The van der Waals surface area contributed by atoms with Crippen molar-refractivity contribution in [2.75, 3.05) is 26.7 Å². The molecule has 30 heavy (non-hydrogen) atoms. The van der Waals surface area contributed by atoms with Crippen molar-refractivity contribution in [2.24, 2.45) is 5.92 Å². The van der Waals surface area contributed by atoms with Crippen molar-refractivity contribution in [3.63, 3.8) is 0 Å². The van der Waals surface area contributed by atoms with Gasteiger partial charge >= 0.3 is 0 Å². The molecule has 0 bridgehead atoms. The predicted octanol–water partition coefficient (Wildman–Crippen LogP) is 1.66. The molecule has 3 rings (SSSR count). The highest BCUT2D eigenvalue weighted by Crippen LogP contribution is 2.25. The maximum atomic E-state index is 12.9. The van der Waals surface area contributed by atoms with Gasteiger partial charge in [-0.15, -0.1) is 0 Å². The second-order valence-electron chi connectivity index (χ2n) is 7.97. The molecule has 1 aliphatic heterocycles. The molecule has 0 unspecified atom stereocenters. The largest absolute Gasteiger partial charge is 0.497 e. The molecule has 0 radical (unpaired) electrons. The van der Waals surface area contributed by atoms with Crippen molar-refractivity contribution in [3.05, 3.63) is 24.3 Å². The Balaban J connectivity index is 1.49. The Bertz CT molecular complexity index is 835. The molecular weight excluding hydrogens is 406 g/mol. The summed E-state index contributed by atoms with van der Waals surface area (Å²) in [5.74, 6) is -0.0701. The number of carbonyl (C=O) groups is 2. The normalized spacial score (nSPS) is 20.6. The summed E-state index contributed by atoms with van der Waals surface area (Å²) in [5.41, 5.74) is 0. The zero-order valence-corrected chi connectivity index (χ0v) is 18.2. The number of hydrogen-bond donors (Lipinski definition) is 2. The summed E-state index contributed by atoms with van der Waals surface area (Å²) in [6.07, 6.45) is 5.85. The Morgan fingerprint density at radius 2 is 1.80 bits per heavy atom. The summed E-state index contributed by atoms with van der Waals surface area (Å²) in [6, 6.07) is 6.51. The van der Waals surface area contributed by atoms with E-state index in [-0.39, 0.29) is 42.3 Å². The van der Waals surface area contributed by atoms with Gasteiger partial charge in [0.2, 0.25) is 21.8 Å². The van der Waals surface area contributed by atoms with Crippen LogP contribution in [-0.2, 0) is 19.6 Å². The number of piperidine rings is 1. The van der Waals surface area contributed by atoms with Crippen LogP contribution >= 0.6 is 0 Å². The van der Waals surface area contributed by atoms with Crippen LogP contribution in [0, 0.1) is 5.92 Å². The Morgan fingerprint density at radius 3 is 2.47 bits per heavy atom. The van der Waals surface area contributed by atoms with Gasteiger partial charge in [-0.1, -0.05) is 12.8 Å². The molecule has 2 fully saturated rings. The van der Waals surface area contributed by atoms with E-state index in [9.17, 15) is 18.0 Å². The first-order valence-electron chi connectivity index (χ1n) is 10.6. The van der Waals surface area contributed by atoms with E-state index in [1.807, 2.05) is 0 Å². The topological polar surface area (TPSA) is 105 Å². The number of sulfonamides is 1. The fraction of sp³-hybridized carbons (Fsp3) is 0.619. The lowest BCUT2D eigenvalue weighted by Crippen LogP contribution is -2.46. The number of ether oxygens (including phenoxy) is 1. The van der Waals surface area contributed by atoms with Crippen LogP contribution in [0.25, 0.3) is 0 Å². The number of amides is 2.